The van der Waals surface area contributed by atoms with Crippen LogP contribution in [0.25, 0.3) is 22.0 Å². The monoisotopic (exact) mass is 272 g/mol. The molecule has 3 nitrogen and oxygen atoms in total. The van der Waals surface area contributed by atoms with Crippen molar-refractivity contribution < 1.29 is 9.50 Å². The number of nitrogens with zero attached hydrogens (tertiary/aromatic N) is 2. The van der Waals surface area contributed by atoms with Gasteiger partial charge in [-0.1, -0.05) is 0 Å². The second kappa shape index (κ2) is 4.78. The smallest absolute Gasteiger partial charge is 0.141 e. The first-order valence-corrected chi connectivity index (χ1v) is 6.47. The first-order chi connectivity index (χ1) is 9.22. The number of hydrogen-bond acceptors (Lipinski definition) is 4. The van der Waals surface area contributed by atoms with Crippen LogP contribution in [0.1, 0.15) is 0 Å². The Balaban J connectivity index is 1.95. The van der Waals surface area contributed by atoms with Crippen molar-refractivity contribution in [3.63, 3.8) is 0 Å². The summed E-state index contributed by atoms with van der Waals surface area (Å²) >= 11 is 1.48. The predicted octanol–water partition coefficient (Wildman–Crippen LogP) is 3.72. The van der Waals surface area contributed by atoms with Crippen LogP contribution in [-0.2, 0) is 0 Å². The predicted molar refractivity (Wildman–Crippen MR) is 72.4 cm³/mol. The Morgan fingerprint density at radius 3 is 2.47 bits per heavy atom. The molecule has 1 N–H and O–H groups in total. The Bertz CT molecular complexity index is 632. The van der Waals surface area contributed by atoms with Crippen molar-refractivity contribution in [1.29, 1.82) is 0 Å². The number of benzene rings is 1. The van der Waals surface area contributed by atoms with E-state index in [0.717, 1.165) is 10.6 Å². The van der Waals surface area contributed by atoms with E-state index in [-0.39, 0.29) is 11.6 Å². The number of halogens is 1. The maximum atomic E-state index is 12.8. The Kier molecular flexibility index (Phi) is 2.97. The van der Waals surface area contributed by atoms with E-state index < -0.39 is 0 Å². The zero-order valence-electron chi connectivity index (χ0n) is 9.75. The number of phenols is 1. The molecule has 0 saturated carbocycles. The van der Waals surface area contributed by atoms with Crippen LogP contribution in [0.3, 0.4) is 0 Å². The minimum atomic E-state index is -0.363. The van der Waals surface area contributed by atoms with E-state index >= 15 is 0 Å². The summed E-state index contributed by atoms with van der Waals surface area (Å²) in [6, 6.07) is 9.80. The van der Waals surface area contributed by atoms with Crippen molar-refractivity contribution in [1.82, 2.24) is 9.97 Å². The van der Waals surface area contributed by atoms with E-state index in [1.165, 1.54) is 23.6 Å². The van der Waals surface area contributed by atoms with Crippen LogP contribution in [0.4, 0.5) is 4.39 Å². The normalized spacial score (nSPS) is 10.6. The molecule has 0 aliphatic heterocycles. The number of aromatic hydroxyl groups is 1. The number of phenolic OH excluding ortho intramolecular Hbond substituents is 1. The zero-order valence-corrected chi connectivity index (χ0v) is 10.6. The largest absolute Gasteiger partial charge is 0.508 e. The average molecular weight is 272 g/mol. The van der Waals surface area contributed by atoms with Crippen molar-refractivity contribution in [2.24, 2.45) is 0 Å². The molecule has 0 aliphatic carbocycles. The fourth-order valence-electron chi connectivity index (χ4n) is 1.66. The molecular formula is C14H9FN2OS. The molecule has 3 aromatic rings. The van der Waals surface area contributed by atoms with Gasteiger partial charge in [0.05, 0.1) is 11.9 Å². The van der Waals surface area contributed by atoms with Crippen molar-refractivity contribution in [3.8, 4) is 27.7 Å². The van der Waals surface area contributed by atoms with Crippen molar-refractivity contribution >= 4 is 11.3 Å². The Morgan fingerprint density at radius 1 is 1.00 bits per heavy atom. The van der Waals surface area contributed by atoms with Gasteiger partial charge in [-0.2, -0.15) is 0 Å². The lowest BCUT2D eigenvalue weighted by Crippen LogP contribution is -1.85. The van der Waals surface area contributed by atoms with Crippen LogP contribution in [-0.4, -0.2) is 15.1 Å². The van der Waals surface area contributed by atoms with Gasteiger partial charge in [0.2, 0.25) is 0 Å². The minimum Gasteiger partial charge on any atom is -0.508 e. The molecule has 19 heavy (non-hydrogen) atoms. The van der Waals surface area contributed by atoms with Gasteiger partial charge in [-0.25, -0.2) is 9.37 Å². The number of aromatic nitrogens is 2. The molecule has 0 spiro atoms. The van der Waals surface area contributed by atoms with Crippen LogP contribution in [0.2, 0.25) is 0 Å². The Labute approximate surface area is 113 Å². The van der Waals surface area contributed by atoms with Crippen LogP contribution in [0.5, 0.6) is 5.75 Å². The molecule has 0 atom stereocenters. The third-order valence-electron chi connectivity index (χ3n) is 2.61. The number of pyridine rings is 1. The molecule has 0 fully saturated rings. The summed E-state index contributed by atoms with van der Waals surface area (Å²) in [6.07, 6.45) is 1.18. The Morgan fingerprint density at radius 2 is 1.79 bits per heavy atom. The lowest BCUT2D eigenvalue weighted by Gasteiger charge is -1.97. The van der Waals surface area contributed by atoms with Gasteiger partial charge in [0.15, 0.2) is 0 Å². The summed E-state index contributed by atoms with van der Waals surface area (Å²) in [5.41, 5.74) is 2.28. The lowest BCUT2D eigenvalue weighted by atomic mass is 10.2. The third-order valence-corrected chi connectivity index (χ3v) is 3.50. The molecular weight excluding hydrogens is 263 g/mol. The highest BCUT2D eigenvalue weighted by Gasteiger charge is 2.07. The molecule has 0 amide bonds. The van der Waals surface area contributed by atoms with E-state index in [0.29, 0.717) is 11.4 Å². The molecule has 2 aromatic heterocycles. The number of hydrogen-bond donors (Lipinski definition) is 1. The Hall–Kier alpha value is -2.27. The number of thiazole rings is 1. The highest BCUT2D eigenvalue weighted by molar-refractivity contribution is 7.13. The second-order valence-electron chi connectivity index (χ2n) is 3.95. The van der Waals surface area contributed by atoms with E-state index in [4.69, 9.17) is 0 Å². The fraction of sp³-hybridized carbons (Fsp3) is 0. The van der Waals surface area contributed by atoms with Crippen LogP contribution >= 0.6 is 11.3 Å². The lowest BCUT2D eigenvalue weighted by molar-refractivity contribution is 0.475. The van der Waals surface area contributed by atoms with Gasteiger partial charge >= 0.3 is 0 Å². The molecule has 2 heterocycles. The number of rotatable bonds is 2. The fourth-order valence-corrected chi connectivity index (χ4v) is 2.48. The van der Waals surface area contributed by atoms with E-state index in [1.54, 1.807) is 30.3 Å². The van der Waals surface area contributed by atoms with E-state index in [2.05, 4.69) is 9.97 Å². The van der Waals surface area contributed by atoms with Crippen molar-refractivity contribution in [3.05, 3.63) is 53.8 Å². The summed E-state index contributed by atoms with van der Waals surface area (Å²) in [7, 11) is 0. The van der Waals surface area contributed by atoms with Crippen molar-refractivity contribution in [2.45, 2.75) is 0 Å². The quantitative estimate of drug-likeness (QED) is 0.773. The van der Waals surface area contributed by atoms with Gasteiger partial charge in [-0.15, -0.1) is 11.3 Å². The summed E-state index contributed by atoms with van der Waals surface area (Å²) in [4.78, 5) is 8.46. The van der Waals surface area contributed by atoms with E-state index in [1.807, 2.05) is 5.38 Å². The summed E-state index contributed by atoms with van der Waals surface area (Å²) in [5, 5.41) is 12.0. The summed E-state index contributed by atoms with van der Waals surface area (Å²) in [6.45, 7) is 0. The van der Waals surface area contributed by atoms with Gasteiger partial charge in [0, 0.05) is 10.9 Å². The molecule has 5 heteroatoms. The van der Waals surface area contributed by atoms with Crippen LogP contribution in [0, 0.1) is 5.82 Å². The highest BCUT2D eigenvalue weighted by Crippen LogP contribution is 2.28. The molecule has 0 saturated heterocycles. The molecule has 0 radical (unpaired) electrons. The third kappa shape index (κ3) is 2.46. The maximum Gasteiger partial charge on any atom is 0.141 e. The van der Waals surface area contributed by atoms with Gasteiger partial charge in [0.1, 0.15) is 22.3 Å². The molecule has 1 aromatic carbocycles. The molecule has 0 bridgehead atoms. The molecule has 0 unspecified atom stereocenters. The molecule has 0 aliphatic rings. The van der Waals surface area contributed by atoms with Crippen molar-refractivity contribution in [2.75, 3.05) is 0 Å². The van der Waals surface area contributed by atoms with E-state index in [9.17, 15) is 9.50 Å². The molecule has 3 rings (SSSR count). The van der Waals surface area contributed by atoms with Gasteiger partial charge in [-0.05, 0) is 36.4 Å². The van der Waals surface area contributed by atoms with Crippen LogP contribution in [0.15, 0.2) is 48.0 Å². The first-order valence-electron chi connectivity index (χ1n) is 5.59. The topological polar surface area (TPSA) is 46.0 Å². The second-order valence-corrected chi connectivity index (χ2v) is 4.80. The summed E-state index contributed by atoms with van der Waals surface area (Å²) < 4.78 is 12.8. The maximum absolute atomic E-state index is 12.8. The van der Waals surface area contributed by atoms with Crippen LogP contribution < -0.4 is 0 Å². The summed E-state index contributed by atoms with van der Waals surface area (Å²) in [5.74, 6) is -0.140. The molecule has 94 valence electrons. The standard InChI is InChI=1S/C14H9FN2OS/c15-10-3-6-12(16-7-10)13-8-19-14(17-13)9-1-4-11(18)5-2-9/h1-8,18H. The zero-order chi connectivity index (χ0) is 13.2. The minimum absolute atomic E-state index is 0.223. The van der Waals surface area contributed by atoms with Gasteiger partial charge in [0.25, 0.3) is 0 Å². The SMILES string of the molecule is Oc1ccc(-c2nc(-c3ccc(F)cn3)cs2)cc1. The first kappa shape index (κ1) is 11.8. The van der Waals surface area contributed by atoms with Gasteiger partial charge < -0.3 is 5.11 Å². The van der Waals surface area contributed by atoms with Gasteiger partial charge in [-0.3, -0.25) is 4.98 Å². The average Bonchev–Trinajstić information content (AvgIpc) is 2.90. The highest BCUT2D eigenvalue weighted by atomic mass is 32.1.